The summed E-state index contributed by atoms with van der Waals surface area (Å²) in [6.07, 6.45) is -5.37. The predicted molar refractivity (Wildman–Crippen MR) is 416 cm³/mol. The molecular weight excluding hydrogens is 1620 g/mol. The summed E-state index contributed by atoms with van der Waals surface area (Å²) in [6.45, 7) is 20.4. The maximum absolute atomic E-state index is 14.2. The van der Waals surface area contributed by atoms with Crippen molar-refractivity contribution in [3.63, 3.8) is 0 Å². The van der Waals surface area contributed by atoms with Crippen molar-refractivity contribution in [1.29, 1.82) is 0 Å². The largest absolute Gasteiger partial charge is 0.508 e. The molecule has 6 N–H and O–H groups in total. The highest BCUT2D eigenvalue weighted by molar-refractivity contribution is 6.02. The average Bonchev–Trinajstić information content (AvgIpc) is 1.02. The molecule has 2 saturated heterocycles. The molecule has 4 aliphatic rings. The summed E-state index contributed by atoms with van der Waals surface area (Å²) in [5, 5.41) is 31.8. The van der Waals surface area contributed by atoms with E-state index in [9.17, 15) is 62.3 Å². The molecule has 7 amide bonds. The maximum atomic E-state index is 14.2. The van der Waals surface area contributed by atoms with Gasteiger partial charge in [-0.3, -0.25) is 45.0 Å². The Morgan fingerprint density at radius 1 is 0.533 bits per heavy atom. The number of Topliss-reactive ketones (excluding diaryl/α,β-unsaturated/α-hetero) is 2. The average molecular weight is 1730 g/mol. The molecule has 2 aromatic rings. The van der Waals surface area contributed by atoms with E-state index >= 15 is 0 Å². The number of esters is 2. The first kappa shape index (κ1) is 99.1. The molecule has 0 aromatic carbocycles. The van der Waals surface area contributed by atoms with Gasteiger partial charge in [-0.15, -0.1) is 16.6 Å². The fourth-order valence-electron chi connectivity index (χ4n) is 11.7. The minimum absolute atomic E-state index is 0.00464. The van der Waals surface area contributed by atoms with E-state index < -0.39 is 211 Å². The van der Waals surface area contributed by atoms with Crippen molar-refractivity contribution in [3.05, 3.63) is 47.5 Å². The number of terminal acetylenes is 1. The Hall–Kier alpha value is -11.7. The normalized spacial score (nSPS) is 19.2. The number of amides is 7. The second-order valence-electron chi connectivity index (χ2n) is 31.5. The predicted octanol–water partition coefficient (Wildman–Crippen LogP) is 2.21. The van der Waals surface area contributed by atoms with Crippen LogP contribution >= 0.6 is 0 Å². The van der Waals surface area contributed by atoms with E-state index in [1.54, 1.807) is 83.1 Å². The summed E-state index contributed by atoms with van der Waals surface area (Å²) >= 11 is 0. The molecule has 0 aliphatic carbocycles. The third kappa shape index (κ3) is 36.3. The number of methoxy groups -OCH3 is 2. The molecule has 0 bridgehead atoms. The van der Waals surface area contributed by atoms with Crippen LogP contribution in [0.5, 0.6) is 0 Å². The van der Waals surface area contributed by atoms with Gasteiger partial charge in [0.15, 0.2) is 12.2 Å². The van der Waals surface area contributed by atoms with Crippen LogP contribution < -0.4 is 31.9 Å². The summed E-state index contributed by atoms with van der Waals surface area (Å²) in [5.41, 5.74) is -3.53. The van der Waals surface area contributed by atoms with Crippen molar-refractivity contribution >= 4 is 89.8 Å². The van der Waals surface area contributed by atoms with Crippen molar-refractivity contribution in [2.75, 3.05) is 107 Å². The van der Waals surface area contributed by atoms with Crippen molar-refractivity contribution in [3.8, 4) is 12.3 Å². The fraction of sp³-hybridized carbons (Fsp3) is 0.671. The van der Waals surface area contributed by atoms with Crippen LogP contribution in [0.2, 0.25) is 0 Å². The number of guanidine groups is 2. The third-order valence-corrected chi connectivity index (χ3v) is 16.5. The van der Waals surface area contributed by atoms with Crippen LogP contribution in [0.25, 0.3) is 0 Å². The van der Waals surface area contributed by atoms with Crippen LogP contribution in [0, 0.1) is 24.2 Å². The van der Waals surface area contributed by atoms with Gasteiger partial charge in [0, 0.05) is 37.8 Å². The molecule has 2 fully saturated rings. The lowest BCUT2D eigenvalue weighted by Crippen LogP contribution is -2.53. The highest BCUT2D eigenvalue weighted by Crippen LogP contribution is 2.37. The standard InChI is InChI=1S/C76H111N15O31/c1-18-24-107-26-28-109-30-31-110-29-27-108-25-19-58(96)89(36-46-38-90(87-85-46)22-20-77-56(94)42-111-61(54-40-113-71(103)117-54)59-48(32-44(2)92)50(34-52(115-59)63(97)105-16)79-65(81-67(99)119-73(4,5)6)82-68(100)120-74(7,8)9)37-47-39-91(88-86-47)23-21-78-57(95)43-112-62(55-41-114-72(104)118-55)60-49(33-45(3)93)51(35-53(116-60)64(98)106-17)80-66(83-69(101)121-75(10,11)12)84-70(102)122-76(13,14)15/h1,34-35,38-39,48-51,54-55,59-62H,19-33,36-37,40-43H2,2-17H3,(H,77,94)(H,78,95)(H2,79,81,82,99,100)(H2,80,83,84,101,102)/t48-,49-,50+,51?,54-,55-,59-,60-,61-,62-/m1/s1. The van der Waals surface area contributed by atoms with Crippen molar-refractivity contribution < 1.29 is 148 Å². The molecule has 0 radical (unpaired) electrons. The third-order valence-electron chi connectivity index (χ3n) is 16.5. The number of nitrogens with zero attached hydrogens (tertiary/aromatic N) is 9. The van der Waals surface area contributed by atoms with Crippen LogP contribution in [-0.4, -0.2) is 302 Å². The first-order chi connectivity index (χ1) is 57.4. The summed E-state index contributed by atoms with van der Waals surface area (Å²) in [6, 6.07) is -2.71. The van der Waals surface area contributed by atoms with Gasteiger partial charge in [0.05, 0.1) is 118 Å². The molecule has 2 aromatic heterocycles. The fourth-order valence-corrected chi connectivity index (χ4v) is 11.7. The van der Waals surface area contributed by atoms with Crippen LogP contribution in [-0.2, 0) is 145 Å². The summed E-state index contributed by atoms with van der Waals surface area (Å²) < 4.78 is 102. The number of rotatable bonds is 41. The van der Waals surface area contributed by atoms with E-state index in [0.29, 0.717) is 19.8 Å². The second kappa shape index (κ2) is 47.5. The van der Waals surface area contributed by atoms with Gasteiger partial charge >= 0.3 is 48.6 Å². The first-order valence-corrected chi connectivity index (χ1v) is 38.8. The van der Waals surface area contributed by atoms with Gasteiger partial charge in [0.1, 0.15) is 103 Å². The Morgan fingerprint density at radius 3 is 1.20 bits per heavy atom. The van der Waals surface area contributed by atoms with E-state index in [0.717, 1.165) is 14.2 Å². The number of alkyl carbamates (subject to hydrolysis) is 4. The summed E-state index contributed by atoms with van der Waals surface area (Å²) in [7, 11) is 2.12. The smallest absolute Gasteiger partial charge is 0.480 e. The lowest BCUT2D eigenvalue weighted by molar-refractivity contribution is -0.158. The number of ketones is 2. The molecule has 0 spiro atoms. The van der Waals surface area contributed by atoms with Crippen LogP contribution in [0.3, 0.4) is 0 Å². The van der Waals surface area contributed by atoms with Gasteiger partial charge in [-0.1, -0.05) is 16.3 Å². The number of aromatic nitrogens is 6. The Labute approximate surface area is 703 Å². The van der Waals surface area contributed by atoms with Crippen LogP contribution in [0.1, 0.15) is 128 Å². The van der Waals surface area contributed by atoms with Crippen LogP contribution in [0.15, 0.2) is 46.0 Å². The SMILES string of the molecule is C#CCOCCOCCOCCOCCC(=O)N(Cc1cn(CCNC(=O)CO[C@@H]([C@@H]2OC(C(=O)OC)=C[C@H](N=C(NC(=O)OC(C)(C)C)NC(=O)OC(C)(C)C)[C@H]2CC(C)=O)[C@H]2COC(=O)O2)nn1)Cc1cn(CCNC(=O)CO[C@@H]([C@@H]2OC(C(=O)OC)=CC(N=C(NC(=O)OC(C)(C)C)NC(=O)OC(C)(C)C)[C@H]2CC(C)=O)[C@H]2COC(=O)O2)nn1. The van der Waals surface area contributed by atoms with Gasteiger partial charge in [0.2, 0.25) is 41.2 Å². The van der Waals surface area contributed by atoms with E-state index in [-0.39, 0.29) is 103 Å². The molecular formula is C76H111N15O31. The summed E-state index contributed by atoms with van der Waals surface area (Å²) in [4.78, 5) is 183. The Balaban J connectivity index is 1.15. The maximum Gasteiger partial charge on any atom is 0.508 e. The van der Waals surface area contributed by atoms with Gasteiger partial charge < -0.3 is 110 Å². The number of carbonyl (C=O) groups excluding carboxylic acids is 13. The zero-order chi connectivity index (χ0) is 90.1. The number of aliphatic imine (C=N–C) groups is 2. The van der Waals surface area contributed by atoms with E-state index in [1.807, 2.05) is 0 Å². The second-order valence-corrected chi connectivity index (χ2v) is 31.5. The lowest BCUT2D eigenvalue weighted by Gasteiger charge is -2.40. The Morgan fingerprint density at radius 2 is 0.885 bits per heavy atom. The van der Waals surface area contributed by atoms with Crippen molar-refractivity contribution in [2.45, 2.75) is 213 Å². The molecule has 6 heterocycles. The highest BCUT2D eigenvalue weighted by Gasteiger charge is 2.51. The Kier molecular flexibility index (Phi) is 38.6. The minimum atomic E-state index is -1.50. The minimum Gasteiger partial charge on any atom is -0.480 e. The molecule has 1 unspecified atom stereocenters. The van der Waals surface area contributed by atoms with Gasteiger partial charge in [-0.25, -0.2) is 48.3 Å². The molecule has 676 valence electrons. The lowest BCUT2D eigenvalue weighted by atomic mass is 9.82. The highest BCUT2D eigenvalue weighted by atomic mass is 16.8. The molecule has 46 heteroatoms. The van der Waals surface area contributed by atoms with Crippen molar-refractivity contribution in [2.24, 2.45) is 21.8 Å². The van der Waals surface area contributed by atoms with Crippen LogP contribution in [0.4, 0.5) is 28.8 Å². The van der Waals surface area contributed by atoms with E-state index in [4.69, 9.17) is 91.7 Å². The zero-order valence-corrected chi connectivity index (χ0v) is 71.2. The number of hydrogen-bond acceptors (Lipinski definition) is 37. The first-order valence-electron chi connectivity index (χ1n) is 38.8. The number of hydrogen-bond donors (Lipinski definition) is 6. The number of cyclic esters (lactones) is 4. The molecule has 4 aliphatic heterocycles. The molecule has 0 saturated carbocycles. The monoisotopic (exact) mass is 1730 g/mol. The molecule has 122 heavy (non-hydrogen) atoms. The molecule has 46 nitrogen and oxygen atoms in total. The number of ether oxygens (including phenoxy) is 18. The van der Waals surface area contributed by atoms with Crippen molar-refractivity contribution in [1.82, 2.24) is 66.8 Å². The summed E-state index contributed by atoms with van der Waals surface area (Å²) in [5.74, 6) is -6.83. The van der Waals surface area contributed by atoms with Gasteiger partial charge in [-0.05, 0) is 109 Å². The van der Waals surface area contributed by atoms with E-state index in [2.05, 4.69) is 68.4 Å². The topological polar surface area (TPSA) is 550 Å². The number of carbonyl (C=O) groups is 13. The molecule has 10 atom stereocenters. The van der Waals surface area contributed by atoms with Gasteiger partial charge in [0.25, 0.3) is 0 Å². The van der Waals surface area contributed by atoms with E-state index in [1.165, 1.54) is 52.7 Å². The number of nitrogens with one attached hydrogen (secondary N) is 6. The quantitative estimate of drug-likeness (QED) is 0.0139. The molecule has 6 rings (SSSR count). The zero-order valence-electron chi connectivity index (χ0n) is 71.2. The Bertz CT molecular complexity index is 3810. The van der Waals surface area contributed by atoms with Gasteiger partial charge in [-0.2, -0.15) is 0 Å².